The first-order chi connectivity index (χ1) is 14.6. The van der Waals surface area contributed by atoms with Crippen molar-refractivity contribution < 1.29 is 23.9 Å². The van der Waals surface area contributed by atoms with E-state index < -0.39 is 42.0 Å². The number of benzene rings is 2. The maximum Gasteiger partial charge on any atom is 0.327 e. The number of hydrogen-bond donors (Lipinski definition) is 2. The molecule has 1 fully saturated rings. The van der Waals surface area contributed by atoms with E-state index in [9.17, 15) is 19.2 Å². The van der Waals surface area contributed by atoms with Crippen LogP contribution in [0.3, 0.4) is 0 Å². The summed E-state index contributed by atoms with van der Waals surface area (Å²) in [7, 11) is 0. The second-order valence-corrected chi connectivity index (χ2v) is 8.03. The Labute approximate surface area is 180 Å². The number of carbonyl (C=O) groups excluding carboxylic acids is 4. The Morgan fingerprint density at radius 2 is 1.77 bits per heavy atom. The molecule has 1 aliphatic rings. The lowest BCUT2D eigenvalue weighted by molar-refractivity contribution is -0.156. The van der Waals surface area contributed by atoms with Crippen molar-refractivity contribution in [2.45, 2.75) is 39.3 Å². The third-order valence-corrected chi connectivity index (χ3v) is 4.97. The van der Waals surface area contributed by atoms with Crippen molar-refractivity contribution in [3.8, 4) is 0 Å². The number of carbonyl (C=O) groups is 4. The molecule has 2 aromatic rings. The number of anilines is 1. The predicted octanol–water partition coefficient (Wildman–Crippen LogP) is 2.86. The van der Waals surface area contributed by atoms with E-state index in [1.54, 1.807) is 44.2 Å². The number of aryl methyl sites for hydroxylation is 2. The minimum Gasteiger partial charge on any atom is -0.446 e. The number of urea groups is 1. The molecule has 3 rings (SSSR count). The molecular weight excluding hydrogens is 398 g/mol. The summed E-state index contributed by atoms with van der Waals surface area (Å²) in [4.78, 5) is 50.8. The lowest BCUT2D eigenvalue weighted by Gasteiger charge is -2.20. The third kappa shape index (κ3) is 4.91. The minimum absolute atomic E-state index is 0.469. The fraction of sp³-hybridized carbons (Fsp3) is 0.304. The summed E-state index contributed by atoms with van der Waals surface area (Å²) in [6, 6.07) is 13.5. The van der Waals surface area contributed by atoms with E-state index in [-0.39, 0.29) is 0 Å². The van der Waals surface area contributed by atoms with E-state index in [4.69, 9.17) is 4.74 Å². The molecule has 2 N–H and O–H groups in total. The van der Waals surface area contributed by atoms with E-state index in [1.165, 1.54) is 0 Å². The molecule has 31 heavy (non-hydrogen) atoms. The molecule has 0 aromatic heterocycles. The number of nitrogens with zero attached hydrogens (tertiary/aromatic N) is 1. The number of hydrogen-bond acceptors (Lipinski definition) is 5. The van der Waals surface area contributed by atoms with Gasteiger partial charge in [0, 0.05) is 11.3 Å². The molecular formula is C23H25N3O5. The van der Waals surface area contributed by atoms with Gasteiger partial charge < -0.3 is 15.4 Å². The number of nitrogens with one attached hydrogen (secondary N) is 2. The number of esters is 1. The van der Waals surface area contributed by atoms with Gasteiger partial charge in [0.05, 0.1) is 0 Å². The third-order valence-electron chi connectivity index (χ3n) is 4.97. The largest absolute Gasteiger partial charge is 0.446 e. The molecule has 2 aromatic carbocycles. The van der Waals surface area contributed by atoms with Crippen LogP contribution in [0.1, 0.15) is 36.6 Å². The van der Waals surface area contributed by atoms with Crippen LogP contribution in [-0.2, 0) is 19.1 Å². The second-order valence-electron chi connectivity index (χ2n) is 8.03. The molecule has 0 aliphatic carbocycles. The Morgan fingerprint density at radius 1 is 1.10 bits per heavy atom. The van der Waals surface area contributed by atoms with Crippen LogP contribution < -0.4 is 10.6 Å². The highest BCUT2D eigenvalue weighted by Gasteiger charge is 2.45. The molecule has 8 heteroatoms. The molecule has 1 unspecified atom stereocenters. The maximum atomic E-state index is 13.0. The van der Waals surface area contributed by atoms with Crippen molar-refractivity contribution in [3.05, 3.63) is 65.2 Å². The van der Waals surface area contributed by atoms with Crippen molar-refractivity contribution in [3.63, 3.8) is 0 Å². The van der Waals surface area contributed by atoms with E-state index in [0.29, 0.717) is 11.3 Å². The van der Waals surface area contributed by atoms with Crippen LogP contribution in [0.25, 0.3) is 0 Å². The Kier molecular flexibility index (Phi) is 6.10. The minimum atomic E-state index is -1.25. The van der Waals surface area contributed by atoms with Crippen molar-refractivity contribution in [1.29, 1.82) is 0 Å². The Balaban J connectivity index is 1.79. The average molecular weight is 423 g/mol. The van der Waals surface area contributed by atoms with E-state index in [2.05, 4.69) is 10.6 Å². The van der Waals surface area contributed by atoms with Gasteiger partial charge in [-0.2, -0.15) is 0 Å². The van der Waals surface area contributed by atoms with Gasteiger partial charge in [-0.3, -0.25) is 19.3 Å². The lowest BCUT2D eigenvalue weighted by Crippen LogP contribution is -2.41. The lowest BCUT2D eigenvalue weighted by atomic mass is 10.1. The maximum absolute atomic E-state index is 13.0. The highest BCUT2D eigenvalue weighted by Crippen LogP contribution is 2.23. The fourth-order valence-electron chi connectivity index (χ4n) is 3.23. The molecule has 162 valence electrons. The van der Waals surface area contributed by atoms with Gasteiger partial charge in [-0.05, 0) is 44.9 Å². The van der Waals surface area contributed by atoms with Gasteiger partial charge in [-0.25, -0.2) is 4.79 Å². The number of rotatable bonds is 6. The summed E-state index contributed by atoms with van der Waals surface area (Å²) < 4.78 is 5.44. The normalized spacial score (nSPS) is 15.9. The standard InChI is InChI=1S/C23H25N3O5/c1-14-10-11-15(2)17(12-14)24-20(28)19(16-8-6-5-7-9-16)31-18(27)13-26-21(29)23(3,4)25-22(26)30/h5-12,19H,13H2,1-4H3,(H,24,28)(H,25,30). The van der Waals surface area contributed by atoms with Crippen molar-refractivity contribution >= 4 is 29.5 Å². The summed E-state index contributed by atoms with van der Waals surface area (Å²) in [5, 5.41) is 5.30. The quantitative estimate of drug-likeness (QED) is 0.549. The van der Waals surface area contributed by atoms with Gasteiger partial charge in [0.25, 0.3) is 11.8 Å². The highest BCUT2D eigenvalue weighted by molar-refractivity contribution is 6.08. The zero-order valence-corrected chi connectivity index (χ0v) is 17.9. The molecule has 4 amide bonds. The second kappa shape index (κ2) is 8.59. The molecule has 1 heterocycles. The molecule has 0 bridgehead atoms. The van der Waals surface area contributed by atoms with Crippen LogP contribution in [0.15, 0.2) is 48.5 Å². The van der Waals surface area contributed by atoms with Crippen LogP contribution >= 0.6 is 0 Å². The molecule has 0 radical (unpaired) electrons. The summed E-state index contributed by atoms with van der Waals surface area (Å²) in [5.74, 6) is -1.94. The summed E-state index contributed by atoms with van der Waals surface area (Å²) in [6.45, 7) is 6.27. The highest BCUT2D eigenvalue weighted by atomic mass is 16.5. The van der Waals surface area contributed by atoms with Gasteiger partial charge in [-0.15, -0.1) is 0 Å². The van der Waals surface area contributed by atoms with Crippen molar-refractivity contribution in [1.82, 2.24) is 10.2 Å². The Morgan fingerprint density at radius 3 is 2.39 bits per heavy atom. The average Bonchev–Trinajstić information content (AvgIpc) is 2.91. The van der Waals surface area contributed by atoms with Crippen LogP contribution in [0.4, 0.5) is 10.5 Å². The number of ether oxygens (including phenoxy) is 1. The molecule has 1 atom stereocenters. The van der Waals surface area contributed by atoms with Gasteiger partial charge in [0.15, 0.2) is 0 Å². The first-order valence-electron chi connectivity index (χ1n) is 9.85. The van der Waals surface area contributed by atoms with E-state index >= 15 is 0 Å². The SMILES string of the molecule is Cc1ccc(C)c(NC(=O)C(OC(=O)CN2C(=O)NC(C)(C)C2=O)c2ccccc2)c1. The number of amides is 4. The zero-order chi connectivity index (χ0) is 22.8. The molecule has 8 nitrogen and oxygen atoms in total. The summed E-state index contributed by atoms with van der Waals surface area (Å²) >= 11 is 0. The zero-order valence-electron chi connectivity index (χ0n) is 17.9. The molecule has 0 spiro atoms. The van der Waals surface area contributed by atoms with Crippen molar-refractivity contribution in [2.75, 3.05) is 11.9 Å². The number of imide groups is 1. The van der Waals surface area contributed by atoms with Gasteiger partial charge in [-0.1, -0.05) is 42.5 Å². The smallest absolute Gasteiger partial charge is 0.327 e. The molecule has 1 aliphatic heterocycles. The monoisotopic (exact) mass is 423 g/mol. The van der Waals surface area contributed by atoms with Gasteiger partial charge in [0.1, 0.15) is 12.1 Å². The van der Waals surface area contributed by atoms with Crippen LogP contribution in [0, 0.1) is 13.8 Å². The van der Waals surface area contributed by atoms with Crippen LogP contribution in [0.2, 0.25) is 0 Å². The molecule has 1 saturated heterocycles. The van der Waals surface area contributed by atoms with Crippen LogP contribution in [0.5, 0.6) is 0 Å². The summed E-state index contributed by atoms with van der Waals surface area (Å²) in [5.41, 5.74) is 1.80. The predicted molar refractivity (Wildman–Crippen MR) is 114 cm³/mol. The molecule has 0 saturated carbocycles. The first kappa shape index (κ1) is 22.0. The van der Waals surface area contributed by atoms with Gasteiger partial charge in [0.2, 0.25) is 6.10 Å². The Hall–Kier alpha value is -3.68. The van der Waals surface area contributed by atoms with Crippen molar-refractivity contribution in [2.24, 2.45) is 0 Å². The topological polar surface area (TPSA) is 105 Å². The summed E-state index contributed by atoms with van der Waals surface area (Å²) in [6.07, 6.45) is -1.25. The van der Waals surface area contributed by atoms with E-state index in [0.717, 1.165) is 16.0 Å². The van der Waals surface area contributed by atoms with Gasteiger partial charge >= 0.3 is 12.0 Å². The Bertz CT molecular complexity index is 1030. The van der Waals surface area contributed by atoms with Crippen LogP contribution in [-0.4, -0.2) is 40.8 Å². The van der Waals surface area contributed by atoms with E-state index in [1.807, 2.05) is 32.0 Å². The fourth-order valence-corrected chi connectivity index (χ4v) is 3.23. The first-order valence-corrected chi connectivity index (χ1v) is 9.85.